The predicted molar refractivity (Wildman–Crippen MR) is 105 cm³/mol. The molecule has 3 aromatic rings. The number of hydrogen-bond donors (Lipinski definition) is 2. The van der Waals surface area contributed by atoms with E-state index in [-0.39, 0.29) is 11.2 Å². The second-order valence-corrected chi connectivity index (χ2v) is 7.80. The third-order valence-corrected chi connectivity index (χ3v) is 5.26. The molecule has 2 aromatic carbocycles. The maximum atomic E-state index is 12.3. The summed E-state index contributed by atoms with van der Waals surface area (Å²) in [7, 11) is 0. The first kappa shape index (κ1) is 18.0. The first-order chi connectivity index (χ1) is 12.0. The Bertz CT molecular complexity index is 884. The summed E-state index contributed by atoms with van der Waals surface area (Å²) in [6.07, 6.45) is 0. The molecule has 3 rings (SSSR count). The molecule has 2 N–H and O–H groups in total. The quantitative estimate of drug-likeness (QED) is 0.551. The van der Waals surface area contributed by atoms with E-state index < -0.39 is 0 Å². The molecular formula is C17H14BrClN4OS. The van der Waals surface area contributed by atoms with Crippen LogP contribution in [-0.2, 0) is 4.79 Å². The fourth-order valence-electron chi connectivity index (χ4n) is 2.06. The molecule has 1 atom stereocenters. The summed E-state index contributed by atoms with van der Waals surface area (Å²) in [5.74, 6) is 0.528. The summed E-state index contributed by atoms with van der Waals surface area (Å²) in [5.41, 5.74) is 1.62. The Balaban J connectivity index is 1.65. The molecule has 0 unspecified atom stereocenters. The summed E-state index contributed by atoms with van der Waals surface area (Å²) in [6, 6.07) is 14.7. The number of amides is 1. The molecule has 1 aromatic heterocycles. The number of nitrogens with zero attached hydrogens (tertiary/aromatic N) is 2. The van der Waals surface area contributed by atoms with Crippen molar-refractivity contribution in [2.45, 2.75) is 17.3 Å². The molecule has 0 aliphatic heterocycles. The Hall–Kier alpha value is -1.83. The smallest absolute Gasteiger partial charge is 0.237 e. The van der Waals surface area contributed by atoms with E-state index in [0.717, 1.165) is 10.0 Å². The van der Waals surface area contributed by atoms with Crippen molar-refractivity contribution in [3.63, 3.8) is 0 Å². The molecule has 1 heterocycles. The van der Waals surface area contributed by atoms with Gasteiger partial charge >= 0.3 is 0 Å². The molecule has 0 saturated heterocycles. The van der Waals surface area contributed by atoms with Crippen LogP contribution in [-0.4, -0.2) is 26.3 Å². The average molecular weight is 438 g/mol. The zero-order chi connectivity index (χ0) is 17.8. The fraction of sp³-hybridized carbons (Fsp3) is 0.118. The minimum atomic E-state index is -0.349. The van der Waals surface area contributed by atoms with Crippen LogP contribution in [0.25, 0.3) is 11.4 Å². The van der Waals surface area contributed by atoms with E-state index in [4.69, 9.17) is 11.6 Å². The van der Waals surface area contributed by atoms with E-state index in [9.17, 15) is 4.79 Å². The van der Waals surface area contributed by atoms with Gasteiger partial charge in [0.15, 0.2) is 5.82 Å². The molecule has 128 valence electrons. The fourth-order valence-corrected chi connectivity index (χ4v) is 3.38. The van der Waals surface area contributed by atoms with Crippen LogP contribution in [0.2, 0.25) is 5.02 Å². The molecule has 0 fully saturated rings. The van der Waals surface area contributed by atoms with Crippen molar-refractivity contribution in [3.8, 4) is 11.4 Å². The van der Waals surface area contributed by atoms with Crippen molar-refractivity contribution in [1.29, 1.82) is 0 Å². The Labute approximate surface area is 162 Å². The Morgan fingerprint density at radius 3 is 2.68 bits per heavy atom. The van der Waals surface area contributed by atoms with Gasteiger partial charge in [-0.25, -0.2) is 4.98 Å². The topological polar surface area (TPSA) is 70.7 Å². The highest BCUT2D eigenvalue weighted by Crippen LogP contribution is 2.28. The highest BCUT2D eigenvalue weighted by molar-refractivity contribution is 9.10. The molecule has 0 bridgehead atoms. The number of benzene rings is 2. The van der Waals surface area contributed by atoms with Crippen molar-refractivity contribution in [3.05, 3.63) is 58.0 Å². The average Bonchev–Trinajstić information content (AvgIpc) is 3.05. The number of carbonyl (C=O) groups is 1. The second kappa shape index (κ2) is 8.03. The van der Waals surface area contributed by atoms with Gasteiger partial charge in [-0.05, 0) is 37.3 Å². The van der Waals surface area contributed by atoms with Gasteiger partial charge in [-0.2, -0.15) is 0 Å². The number of aromatic nitrogens is 3. The Morgan fingerprint density at radius 1 is 1.24 bits per heavy atom. The second-order valence-electron chi connectivity index (χ2n) is 5.20. The van der Waals surface area contributed by atoms with Crippen molar-refractivity contribution < 1.29 is 4.79 Å². The van der Waals surface area contributed by atoms with Gasteiger partial charge in [0.05, 0.1) is 5.25 Å². The van der Waals surface area contributed by atoms with Crippen LogP contribution >= 0.6 is 39.3 Å². The van der Waals surface area contributed by atoms with E-state index >= 15 is 0 Å². The third kappa shape index (κ3) is 4.62. The monoisotopic (exact) mass is 436 g/mol. The zero-order valence-corrected chi connectivity index (χ0v) is 16.3. The van der Waals surface area contributed by atoms with Gasteiger partial charge in [0, 0.05) is 20.7 Å². The minimum absolute atomic E-state index is 0.125. The van der Waals surface area contributed by atoms with Crippen LogP contribution in [0, 0.1) is 0 Å². The molecule has 0 aliphatic rings. The largest absolute Gasteiger partial charge is 0.325 e. The van der Waals surface area contributed by atoms with Gasteiger partial charge in [0.25, 0.3) is 0 Å². The normalized spacial score (nSPS) is 12.0. The van der Waals surface area contributed by atoms with Crippen molar-refractivity contribution in [2.24, 2.45) is 0 Å². The lowest BCUT2D eigenvalue weighted by Gasteiger charge is -2.10. The predicted octanol–water partition coefficient (Wildman–Crippen LogP) is 5.01. The zero-order valence-electron chi connectivity index (χ0n) is 13.2. The van der Waals surface area contributed by atoms with Crippen molar-refractivity contribution in [1.82, 2.24) is 15.2 Å². The van der Waals surface area contributed by atoms with E-state index in [1.165, 1.54) is 11.8 Å². The van der Waals surface area contributed by atoms with E-state index in [1.807, 2.05) is 31.2 Å². The van der Waals surface area contributed by atoms with Crippen LogP contribution in [0.15, 0.2) is 58.2 Å². The summed E-state index contributed by atoms with van der Waals surface area (Å²) in [5, 5.41) is 10.7. The van der Waals surface area contributed by atoms with Crippen LogP contribution < -0.4 is 5.32 Å². The number of carbonyl (C=O) groups excluding carboxylic acids is 1. The standard InChI is InChI=1S/C17H14BrClN4OS/c1-10(16(24)20-12-8-6-11(19)7-9-12)25-17-21-15(22-23-17)13-4-2-3-5-14(13)18/h2-10H,1H3,(H,20,24)(H,21,22,23)/t10-/m1/s1. The maximum Gasteiger partial charge on any atom is 0.237 e. The van der Waals surface area contributed by atoms with Crippen molar-refractivity contribution in [2.75, 3.05) is 5.32 Å². The maximum absolute atomic E-state index is 12.3. The van der Waals surface area contributed by atoms with Crippen LogP contribution in [0.4, 0.5) is 5.69 Å². The summed E-state index contributed by atoms with van der Waals surface area (Å²) in [6.45, 7) is 1.81. The number of thioether (sulfide) groups is 1. The molecule has 0 aliphatic carbocycles. The minimum Gasteiger partial charge on any atom is -0.325 e. The molecule has 0 radical (unpaired) electrons. The molecule has 0 saturated carbocycles. The first-order valence-electron chi connectivity index (χ1n) is 7.43. The Kier molecular flexibility index (Phi) is 5.78. The number of halogens is 2. The molecule has 0 spiro atoms. The van der Waals surface area contributed by atoms with Gasteiger partial charge in [0.2, 0.25) is 11.1 Å². The molecule has 25 heavy (non-hydrogen) atoms. The lowest BCUT2D eigenvalue weighted by Crippen LogP contribution is -2.22. The molecule has 5 nitrogen and oxygen atoms in total. The highest BCUT2D eigenvalue weighted by Gasteiger charge is 2.18. The lowest BCUT2D eigenvalue weighted by atomic mass is 10.2. The van der Waals surface area contributed by atoms with Gasteiger partial charge in [-0.3, -0.25) is 9.89 Å². The van der Waals surface area contributed by atoms with Crippen LogP contribution in [0.1, 0.15) is 6.92 Å². The van der Waals surface area contributed by atoms with E-state index in [2.05, 4.69) is 36.4 Å². The molecular weight excluding hydrogens is 424 g/mol. The van der Waals surface area contributed by atoms with Gasteiger partial charge < -0.3 is 5.32 Å². The number of nitrogens with one attached hydrogen (secondary N) is 2. The third-order valence-electron chi connectivity index (χ3n) is 3.36. The van der Waals surface area contributed by atoms with E-state index in [0.29, 0.717) is 21.7 Å². The molecule has 8 heteroatoms. The van der Waals surface area contributed by atoms with Crippen molar-refractivity contribution >= 4 is 50.9 Å². The highest BCUT2D eigenvalue weighted by atomic mass is 79.9. The SMILES string of the molecule is C[C@@H](Sc1n[nH]c(-c2ccccc2Br)n1)C(=O)Nc1ccc(Cl)cc1. The Morgan fingerprint density at radius 2 is 1.96 bits per heavy atom. The molecule has 1 amide bonds. The summed E-state index contributed by atoms with van der Waals surface area (Å²) >= 11 is 10.6. The van der Waals surface area contributed by atoms with Gasteiger partial charge in [-0.1, -0.05) is 57.5 Å². The number of anilines is 1. The number of rotatable bonds is 5. The van der Waals surface area contributed by atoms with Gasteiger partial charge in [-0.15, -0.1) is 5.10 Å². The first-order valence-corrected chi connectivity index (χ1v) is 9.48. The van der Waals surface area contributed by atoms with Crippen LogP contribution in [0.5, 0.6) is 0 Å². The van der Waals surface area contributed by atoms with Crippen LogP contribution in [0.3, 0.4) is 0 Å². The van der Waals surface area contributed by atoms with E-state index in [1.54, 1.807) is 24.3 Å². The number of hydrogen-bond acceptors (Lipinski definition) is 4. The lowest BCUT2D eigenvalue weighted by molar-refractivity contribution is -0.115. The van der Waals surface area contributed by atoms with Gasteiger partial charge in [0.1, 0.15) is 0 Å². The number of H-pyrrole nitrogens is 1. The number of aromatic amines is 1. The summed E-state index contributed by atoms with van der Waals surface area (Å²) in [4.78, 5) is 16.7. The summed E-state index contributed by atoms with van der Waals surface area (Å²) < 4.78 is 0.927.